The van der Waals surface area contributed by atoms with Crippen LogP contribution in [-0.4, -0.2) is 11.1 Å². The van der Waals surface area contributed by atoms with Gasteiger partial charge in [-0.25, -0.2) is 0 Å². The molecule has 84 valence electrons. The van der Waals surface area contributed by atoms with Crippen molar-refractivity contribution in [1.82, 2.24) is 4.57 Å². The fourth-order valence-electron chi connectivity index (χ4n) is 2.60. The predicted molar refractivity (Wildman–Crippen MR) is 67.8 cm³/mol. The molecule has 1 aromatic carbocycles. The Hall–Kier alpha value is -0.990. The molecular weight excluding hydrogens is 220 g/mol. The molecule has 2 heterocycles. The lowest BCUT2D eigenvalue weighted by Crippen LogP contribution is -2.25. The summed E-state index contributed by atoms with van der Waals surface area (Å²) in [5, 5.41) is 2.10. The second-order valence-corrected chi connectivity index (χ2v) is 5.03. The van der Waals surface area contributed by atoms with Crippen LogP contribution >= 0.6 is 11.6 Å². The topological polar surface area (TPSA) is 30.9 Å². The maximum atomic E-state index is 6.05. The fourth-order valence-corrected chi connectivity index (χ4v) is 2.77. The average Bonchev–Trinajstić information content (AvgIpc) is 2.66. The Balaban J connectivity index is 2.15. The summed E-state index contributed by atoms with van der Waals surface area (Å²) in [5.41, 5.74) is 8.43. The van der Waals surface area contributed by atoms with E-state index in [0.717, 1.165) is 24.5 Å². The van der Waals surface area contributed by atoms with E-state index >= 15 is 0 Å². The van der Waals surface area contributed by atoms with E-state index in [1.165, 1.54) is 23.0 Å². The largest absolute Gasteiger partial charge is 0.344 e. The number of aromatic nitrogens is 1. The van der Waals surface area contributed by atoms with Crippen LogP contribution in [0.2, 0.25) is 5.02 Å². The van der Waals surface area contributed by atoms with Gasteiger partial charge in [-0.3, -0.25) is 0 Å². The van der Waals surface area contributed by atoms with Gasteiger partial charge in [0.25, 0.3) is 0 Å². The van der Waals surface area contributed by atoms with Crippen molar-refractivity contribution in [2.24, 2.45) is 11.7 Å². The lowest BCUT2D eigenvalue weighted by Gasteiger charge is -2.24. The molecule has 2 nitrogen and oxygen atoms in total. The molecule has 0 saturated heterocycles. The van der Waals surface area contributed by atoms with Gasteiger partial charge < -0.3 is 10.3 Å². The summed E-state index contributed by atoms with van der Waals surface area (Å²) >= 11 is 6.05. The Morgan fingerprint density at radius 1 is 1.38 bits per heavy atom. The van der Waals surface area contributed by atoms with Gasteiger partial charge >= 0.3 is 0 Å². The first kappa shape index (κ1) is 10.2. The smallest absolute Gasteiger partial charge is 0.0497 e. The molecule has 1 atom stereocenters. The van der Waals surface area contributed by atoms with Crippen molar-refractivity contribution in [2.45, 2.75) is 19.4 Å². The van der Waals surface area contributed by atoms with Crippen molar-refractivity contribution in [1.29, 1.82) is 0 Å². The summed E-state index contributed by atoms with van der Waals surface area (Å²) < 4.78 is 2.38. The molecule has 1 unspecified atom stereocenters. The van der Waals surface area contributed by atoms with E-state index in [2.05, 4.69) is 22.8 Å². The first-order valence-electron chi connectivity index (χ1n) is 5.75. The minimum Gasteiger partial charge on any atom is -0.344 e. The number of benzene rings is 1. The summed E-state index contributed by atoms with van der Waals surface area (Å²) in [7, 11) is 0. The fraction of sp³-hybridized carbons (Fsp3) is 0.385. The number of aryl methyl sites for hydroxylation is 1. The molecule has 3 rings (SSSR count). The number of halogens is 1. The summed E-state index contributed by atoms with van der Waals surface area (Å²) in [6.45, 7) is 1.81. The zero-order valence-electron chi connectivity index (χ0n) is 9.12. The van der Waals surface area contributed by atoms with Gasteiger partial charge in [-0.05, 0) is 48.9 Å². The lowest BCUT2D eigenvalue weighted by molar-refractivity contribution is 0.385. The maximum absolute atomic E-state index is 6.05. The van der Waals surface area contributed by atoms with E-state index < -0.39 is 0 Å². The third-order valence-electron chi connectivity index (χ3n) is 3.53. The van der Waals surface area contributed by atoms with Crippen LogP contribution in [-0.2, 0) is 13.0 Å². The second-order valence-electron chi connectivity index (χ2n) is 4.59. The quantitative estimate of drug-likeness (QED) is 0.808. The van der Waals surface area contributed by atoms with Gasteiger partial charge in [-0.15, -0.1) is 0 Å². The Bertz CT molecular complexity index is 530. The van der Waals surface area contributed by atoms with E-state index in [1.807, 2.05) is 6.07 Å². The van der Waals surface area contributed by atoms with Crippen LogP contribution in [0.25, 0.3) is 10.9 Å². The summed E-state index contributed by atoms with van der Waals surface area (Å²) in [6, 6.07) is 8.38. The molecule has 2 N–H and O–H groups in total. The van der Waals surface area contributed by atoms with Crippen LogP contribution in [0.15, 0.2) is 24.3 Å². The minimum atomic E-state index is 0.613. The molecule has 0 bridgehead atoms. The zero-order chi connectivity index (χ0) is 11.1. The molecule has 3 heteroatoms. The van der Waals surface area contributed by atoms with Gasteiger partial charge in [0.1, 0.15) is 0 Å². The predicted octanol–water partition coefficient (Wildman–Crippen LogP) is 2.82. The molecule has 0 aliphatic carbocycles. The summed E-state index contributed by atoms with van der Waals surface area (Å²) in [5.74, 6) is 0.613. The zero-order valence-corrected chi connectivity index (χ0v) is 9.87. The summed E-state index contributed by atoms with van der Waals surface area (Å²) in [4.78, 5) is 0. The standard InChI is InChI=1S/C13H15ClN2/c14-11-3-2-10-5-12-4-1-9(7-15)8-16(12)13(10)6-11/h2-3,5-6,9H,1,4,7-8,15H2. The van der Waals surface area contributed by atoms with Crippen molar-refractivity contribution in [2.75, 3.05) is 6.54 Å². The first-order valence-corrected chi connectivity index (χ1v) is 6.13. The van der Waals surface area contributed by atoms with Crippen molar-refractivity contribution < 1.29 is 0 Å². The molecular formula is C13H15ClN2. The highest BCUT2D eigenvalue weighted by atomic mass is 35.5. The maximum Gasteiger partial charge on any atom is 0.0497 e. The van der Waals surface area contributed by atoms with E-state index in [0.29, 0.717) is 5.92 Å². The second kappa shape index (κ2) is 3.79. The Morgan fingerprint density at radius 3 is 3.06 bits per heavy atom. The van der Waals surface area contributed by atoms with Gasteiger partial charge in [0, 0.05) is 22.8 Å². The molecule has 1 aromatic heterocycles. The Kier molecular flexibility index (Phi) is 2.41. The van der Waals surface area contributed by atoms with Crippen LogP contribution in [0.3, 0.4) is 0 Å². The molecule has 16 heavy (non-hydrogen) atoms. The van der Waals surface area contributed by atoms with Gasteiger partial charge in [-0.1, -0.05) is 17.7 Å². The van der Waals surface area contributed by atoms with E-state index in [4.69, 9.17) is 17.3 Å². The van der Waals surface area contributed by atoms with Gasteiger partial charge in [0.05, 0.1) is 0 Å². The third-order valence-corrected chi connectivity index (χ3v) is 3.77. The molecule has 1 aliphatic rings. The normalized spacial score (nSPS) is 20.0. The number of nitrogens with zero attached hydrogens (tertiary/aromatic N) is 1. The molecule has 0 fully saturated rings. The molecule has 0 radical (unpaired) electrons. The van der Waals surface area contributed by atoms with Crippen molar-refractivity contribution in [3.63, 3.8) is 0 Å². The van der Waals surface area contributed by atoms with Crippen LogP contribution in [0, 0.1) is 5.92 Å². The number of rotatable bonds is 1. The summed E-state index contributed by atoms with van der Waals surface area (Å²) in [6.07, 6.45) is 2.34. The number of hydrogen-bond acceptors (Lipinski definition) is 1. The van der Waals surface area contributed by atoms with Gasteiger partial charge in [-0.2, -0.15) is 0 Å². The molecule has 0 saturated carbocycles. The van der Waals surface area contributed by atoms with E-state index in [1.54, 1.807) is 0 Å². The molecule has 1 aliphatic heterocycles. The monoisotopic (exact) mass is 234 g/mol. The third kappa shape index (κ3) is 1.53. The Morgan fingerprint density at radius 2 is 2.25 bits per heavy atom. The Labute approximate surface area is 100.0 Å². The first-order chi connectivity index (χ1) is 7.78. The minimum absolute atomic E-state index is 0.613. The highest BCUT2D eigenvalue weighted by molar-refractivity contribution is 6.31. The van der Waals surface area contributed by atoms with Crippen molar-refractivity contribution in [3.8, 4) is 0 Å². The highest BCUT2D eigenvalue weighted by Gasteiger charge is 2.19. The average molecular weight is 235 g/mol. The van der Waals surface area contributed by atoms with Crippen molar-refractivity contribution >= 4 is 22.5 Å². The van der Waals surface area contributed by atoms with Crippen LogP contribution in [0.1, 0.15) is 12.1 Å². The number of hydrogen-bond donors (Lipinski definition) is 1. The van der Waals surface area contributed by atoms with E-state index in [-0.39, 0.29) is 0 Å². The molecule has 2 aromatic rings. The number of fused-ring (bicyclic) bond motifs is 3. The van der Waals surface area contributed by atoms with Crippen molar-refractivity contribution in [3.05, 3.63) is 35.0 Å². The number of nitrogens with two attached hydrogens (primary N) is 1. The SMILES string of the molecule is NCC1CCc2cc3ccc(Cl)cc3n2C1. The van der Waals surface area contributed by atoms with Crippen LogP contribution < -0.4 is 5.73 Å². The van der Waals surface area contributed by atoms with E-state index in [9.17, 15) is 0 Å². The van der Waals surface area contributed by atoms with Crippen LogP contribution in [0.5, 0.6) is 0 Å². The van der Waals surface area contributed by atoms with Gasteiger partial charge in [0.2, 0.25) is 0 Å². The molecule has 0 spiro atoms. The van der Waals surface area contributed by atoms with Crippen LogP contribution in [0.4, 0.5) is 0 Å². The molecule has 0 amide bonds. The lowest BCUT2D eigenvalue weighted by atomic mass is 9.98. The highest BCUT2D eigenvalue weighted by Crippen LogP contribution is 2.29. The van der Waals surface area contributed by atoms with Gasteiger partial charge in [0.15, 0.2) is 0 Å².